The topological polar surface area (TPSA) is 41.1 Å². The Hall–Kier alpha value is -2.22. The van der Waals surface area contributed by atoms with Crippen LogP contribution in [0.1, 0.15) is 25.8 Å². The standard InChI is InChI=1S/C16H14F6N4S/c1-4-27-13(14(2)8-12(25-26-14)16(20,21)22)24-9-5-6-11(23-3)10(7-9)15(17,18)19/h5-7,26H,4,8H2,1-2H3/b24-13-. The van der Waals surface area contributed by atoms with Crippen LogP contribution in [0.3, 0.4) is 0 Å². The zero-order valence-corrected chi connectivity index (χ0v) is 15.0. The molecule has 0 fully saturated rings. The van der Waals surface area contributed by atoms with Gasteiger partial charge in [-0.1, -0.05) is 13.0 Å². The van der Waals surface area contributed by atoms with Crippen LogP contribution in [0.5, 0.6) is 0 Å². The number of halogens is 6. The summed E-state index contributed by atoms with van der Waals surface area (Å²) in [5, 5.41) is 3.49. The number of benzene rings is 1. The Morgan fingerprint density at radius 2 is 1.96 bits per heavy atom. The van der Waals surface area contributed by atoms with Gasteiger partial charge in [-0.2, -0.15) is 31.4 Å². The van der Waals surface area contributed by atoms with E-state index in [1.54, 1.807) is 6.92 Å². The monoisotopic (exact) mass is 408 g/mol. The van der Waals surface area contributed by atoms with E-state index in [-0.39, 0.29) is 10.7 Å². The molecule has 1 aromatic carbocycles. The number of hydrogen-bond donors (Lipinski definition) is 1. The van der Waals surface area contributed by atoms with E-state index in [0.717, 1.165) is 17.8 Å². The molecule has 0 aliphatic carbocycles. The third-order valence-corrected chi connectivity index (χ3v) is 4.78. The summed E-state index contributed by atoms with van der Waals surface area (Å²) in [5.74, 6) is 0.448. The van der Waals surface area contributed by atoms with Gasteiger partial charge in [0.15, 0.2) is 5.69 Å². The Labute approximate surface area is 155 Å². The zero-order valence-electron chi connectivity index (χ0n) is 14.2. The maximum Gasteiger partial charge on any atom is 0.431 e. The molecular weight excluding hydrogens is 394 g/mol. The summed E-state index contributed by atoms with van der Waals surface area (Å²) >= 11 is 1.11. The molecule has 0 amide bonds. The number of hydrazone groups is 1. The minimum atomic E-state index is -4.74. The minimum absolute atomic E-state index is 0.103. The van der Waals surface area contributed by atoms with Crippen LogP contribution in [0, 0.1) is 6.57 Å². The van der Waals surface area contributed by atoms with Gasteiger partial charge in [-0.05, 0) is 24.8 Å². The first-order valence-corrected chi connectivity index (χ1v) is 8.61. The second kappa shape index (κ2) is 7.42. The fraction of sp³-hybridized carbons (Fsp3) is 0.438. The second-order valence-electron chi connectivity index (χ2n) is 5.84. The Bertz CT molecular complexity index is 822. The Morgan fingerprint density at radius 3 is 2.44 bits per heavy atom. The predicted molar refractivity (Wildman–Crippen MR) is 92.6 cm³/mol. The number of hydrogen-bond acceptors (Lipinski definition) is 4. The molecule has 0 saturated heterocycles. The van der Waals surface area contributed by atoms with E-state index in [0.29, 0.717) is 11.8 Å². The van der Waals surface area contributed by atoms with Crippen LogP contribution in [0.2, 0.25) is 0 Å². The summed E-state index contributed by atoms with van der Waals surface area (Å²) in [7, 11) is 0. The van der Waals surface area contributed by atoms with Crippen LogP contribution >= 0.6 is 11.8 Å². The van der Waals surface area contributed by atoms with Crippen molar-refractivity contribution in [1.82, 2.24) is 5.43 Å². The Balaban J connectivity index is 2.44. The molecule has 1 aliphatic heterocycles. The molecule has 0 spiro atoms. The third-order valence-electron chi connectivity index (χ3n) is 3.68. The molecule has 1 N–H and O–H groups in total. The van der Waals surface area contributed by atoms with E-state index in [2.05, 4.69) is 20.4 Å². The molecule has 4 nitrogen and oxygen atoms in total. The molecular formula is C16H14F6N4S. The molecule has 1 aromatic rings. The van der Waals surface area contributed by atoms with Gasteiger partial charge in [0.2, 0.25) is 0 Å². The van der Waals surface area contributed by atoms with Gasteiger partial charge in [0.25, 0.3) is 0 Å². The number of aliphatic imine (C=N–C) groups is 1. The van der Waals surface area contributed by atoms with Gasteiger partial charge in [-0.25, -0.2) is 9.84 Å². The first kappa shape index (κ1) is 21.1. The molecule has 0 saturated carbocycles. The van der Waals surface area contributed by atoms with E-state index in [4.69, 9.17) is 6.57 Å². The molecule has 1 unspecified atom stereocenters. The largest absolute Gasteiger partial charge is 0.431 e. The molecule has 1 atom stereocenters. The Kier molecular flexibility index (Phi) is 5.79. The van der Waals surface area contributed by atoms with E-state index in [1.807, 2.05) is 0 Å². The number of rotatable bonds is 3. The lowest BCUT2D eigenvalue weighted by Crippen LogP contribution is -2.43. The molecule has 0 radical (unpaired) electrons. The molecule has 2 rings (SSSR count). The molecule has 1 aliphatic rings. The fourth-order valence-corrected chi connectivity index (χ4v) is 3.26. The summed E-state index contributed by atoms with van der Waals surface area (Å²) < 4.78 is 78.0. The number of alkyl halides is 6. The predicted octanol–water partition coefficient (Wildman–Crippen LogP) is 5.71. The fourth-order valence-electron chi connectivity index (χ4n) is 2.38. The molecule has 11 heteroatoms. The summed E-state index contributed by atoms with van der Waals surface area (Å²) in [6, 6.07) is 2.93. The van der Waals surface area contributed by atoms with Crippen LogP contribution in [0.4, 0.5) is 37.7 Å². The smallest absolute Gasteiger partial charge is 0.297 e. The lowest BCUT2D eigenvalue weighted by atomic mass is 9.98. The highest BCUT2D eigenvalue weighted by Crippen LogP contribution is 2.39. The van der Waals surface area contributed by atoms with Gasteiger partial charge >= 0.3 is 12.4 Å². The van der Waals surface area contributed by atoms with Gasteiger partial charge in [0.1, 0.15) is 16.3 Å². The lowest BCUT2D eigenvalue weighted by Gasteiger charge is -2.25. The van der Waals surface area contributed by atoms with Crippen molar-refractivity contribution in [1.29, 1.82) is 0 Å². The number of nitrogens with zero attached hydrogens (tertiary/aromatic N) is 3. The number of thioether (sulfide) groups is 1. The van der Waals surface area contributed by atoms with Crippen molar-refractivity contribution in [2.45, 2.75) is 38.2 Å². The number of nitrogens with one attached hydrogen (secondary N) is 1. The summed E-state index contributed by atoms with van der Waals surface area (Å²) in [6.07, 6.45) is -9.84. The maximum absolute atomic E-state index is 13.1. The van der Waals surface area contributed by atoms with Crippen LogP contribution in [-0.4, -0.2) is 28.2 Å². The van der Waals surface area contributed by atoms with Crippen molar-refractivity contribution in [3.8, 4) is 0 Å². The molecule has 0 aromatic heterocycles. The van der Waals surface area contributed by atoms with Crippen molar-refractivity contribution in [3.63, 3.8) is 0 Å². The molecule has 1 heterocycles. The summed E-state index contributed by atoms with van der Waals surface area (Å²) in [6.45, 7) is 10.0. The first-order valence-electron chi connectivity index (χ1n) is 7.62. The van der Waals surface area contributed by atoms with Gasteiger partial charge in [0.05, 0.1) is 17.8 Å². The average molecular weight is 408 g/mol. The van der Waals surface area contributed by atoms with Crippen molar-refractivity contribution in [2.75, 3.05) is 5.75 Å². The average Bonchev–Trinajstić information content (AvgIpc) is 2.97. The van der Waals surface area contributed by atoms with E-state index < -0.39 is 41.3 Å². The van der Waals surface area contributed by atoms with Crippen molar-refractivity contribution in [2.24, 2.45) is 10.1 Å². The maximum atomic E-state index is 13.1. The van der Waals surface area contributed by atoms with Gasteiger partial charge in [-0.3, -0.25) is 5.43 Å². The third kappa shape index (κ3) is 4.74. The van der Waals surface area contributed by atoms with Crippen molar-refractivity contribution < 1.29 is 26.3 Å². The van der Waals surface area contributed by atoms with Gasteiger partial charge in [-0.15, -0.1) is 11.8 Å². The normalized spacial score (nSPS) is 20.9. The first-order chi connectivity index (χ1) is 12.4. The van der Waals surface area contributed by atoms with Crippen LogP contribution in [0.25, 0.3) is 4.85 Å². The molecule has 146 valence electrons. The SMILES string of the molecule is [C-]#[N+]c1ccc(/N=C(\SCC)C2(C)CC(C(F)(F)F)=NN2)cc1C(F)(F)F. The highest BCUT2D eigenvalue weighted by atomic mass is 32.2. The van der Waals surface area contributed by atoms with Crippen LogP contribution in [-0.2, 0) is 6.18 Å². The summed E-state index contributed by atoms with van der Waals surface area (Å²) in [5.41, 5.74) is -1.70. The highest BCUT2D eigenvalue weighted by molar-refractivity contribution is 8.14. The highest BCUT2D eigenvalue weighted by Gasteiger charge is 2.47. The van der Waals surface area contributed by atoms with Crippen LogP contribution < -0.4 is 5.43 Å². The van der Waals surface area contributed by atoms with Crippen LogP contribution in [0.15, 0.2) is 28.3 Å². The molecule has 27 heavy (non-hydrogen) atoms. The van der Waals surface area contributed by atoms with E-state index in [1.165, 1.54) is 13.0 Å². The van der Waals surface area contributed by atoms with Gasteiger partial charge < -0.3 is 0 Å². The summed E-state index contributed by atoms with van der Waals surface area (Å²) in [4.78, 5) is 6.98. The zero-order chi connectivity index (χ0) is 20.5. The van der Waals surface area contributed by atoms with E-state index in [9.17, 15) is 26.3 Å². The Morgan fingerprint density at radius 1 is 1.30 bits per heavy atom. The lowest BCUT2D eigenvalue weighted by molar-refractivity contribution is -0.136. The quantitative estimate of drug-likeness (QED) is 0.301. The van der Waals surface area contributed by atoms with E-state index >= 15 is 0 Å². The van der Waals surface area contributed by atoms with Crippen molar-refractivity contribution in [3.05, 3.63) is 35.2 Å². The minimum Gasteiger partial charge on any atom is -0.297 e. The molecule has 0 bridgehead atoms. The van der Waals surface area contributed by atoms with Gasteiger partial charge in [0, 0.05) is 6.42 Å². The van der Waals surface area contributed by atoms with Crippen molar-refractivity contribution >= 4 is 33.9 Å². The second-order valence-corrected chi connectivity index (χ2v) is 7.09.